The highest BCUT2D eigenvalue weighted by atomic mass is 127. The normalized spacial score (nSPS) is 16.4. The zero-order valence-electron chi connectivity index (χ0n) is 10.7. The Hall–Kier alpha value is 0.867. The summed E-state index contributed by atoms with van der Waals surface area (Å²) < 4.78 is 12.2. The number of halogens is 1. The van der Waals surface area contributed by atoms with Crippen LogP contribution in [-0.4, -0.2) is 32.0 Å². The molecule has 0 amide bonds. The SMILES string of the molecule is C[C@H](CI)[C@H](C)OCOCC[Si](C)(C)C. The summed E-state index contributed by atoms with van der Waals surface area (Å²) in [4.78, 5) is 0. The topological polar surface area (TPSA) is 18.5 Å². The van der Waals surface area contributed by atoms with Crippen molar-refractivity contribution in [3.8, 4) is 0 Å². The number of hydrogen-bond acceptors (Lipinski definition) is 2. The Morgan fingerprint density at radius 1 is 1.20 bits per heavy atom. The van der Waals surface area contributed by atoms with Gasteiger partial charge in [-0.05, 0) is 18.9 Å². The average Bonchev–Trinajstić information content (AvgIpc) is 2.14. The van der Waals surface area contributed by atoms with Gasteiger partial charge in [-0.1, -0.05) is 49.2 Å². The number of ether oxygens (including phenoxy) is 2. The maximum absolute atomic E-state index is 5.60. The molecule has 92 valence electrons. The quantitative estimate of drug-likeness (QED) is 0.219. The minimum Gasteiger partial charge on any atom is -0.356 e. The summed E-state index contributed by atoms with van der Waals surface area (Å²) in [6, 6.07) is 1.21. The lowest BCUT2D eigenvalue weighted by Gasteiger charge is -2.19. The van der Waals surface area contributed by atoms with Crippen LogP contribution in [0.1, 0.15) is 13.8 Å². The molecular formula is C11H25IO2Si. The van der Waals surface area contributed by atoms with Gasteiger partial charge in [-0.2, -0.15) is 0 Å². The standard InChI is InChI=1S/C11H25IO2Si/c1-10(8-12)11(2)14-9-13-6-7-15(3,4)5/h10-11H,6-9H2,1-5H3/t10-,11+/m1/s1. The van der Waals surface area contributed by atoms with E-state index in [1.165, 1.54) is 6.04 Å². The van der Waals surface area contributed by atoms with Gasteiger partial charge >= 0.3 is 0 Å². The van der Waals surface area contributed by atoms with E-state index >= 15 is 0 Å². The van der Waals surface area contributed by atoms with Crippen LogP contribution in [0.2, 0.25) is 25.7 Å². The zero-order valence-corrected chi connectivity index (χ0v) is 13.8. The van der Waals surface area contributed by atoms with Gasteiger partial charge in [0.15, 0.2) is 0 Å². The first kappa shape index (κ1) is 15.9. The summed E-state index contributed by atoms with van der Waals surface area (Å²) in [7, 11) is -0.945. The van der Waals surface area contributed by atoms with Crippen LogP contribution in [-0.2, 0) is 9.47 Å². The first-order chi connectivity index (χ1) is 6.87. The molecule has 0 saturated carbocycles. The van der Waals surface area contributed by atoms with Crippen molar-refractivity contribution >= 4 is 30.7 Å². The molecule has 0 radical (unpaired) electrons. The van der Waals surface area contributed by atoms with Crippen molar-refractivity contribution in [3.63, 3.8) is 0 Å². The molecule has 0 saturated heterocycles. The lowest BCUT2D eigenvalue weighted by atomic mass is 10.1. The van der Waals surface area contributed by atoms with Gasteiger partial charge in [0.2, 0.25) is 0 Å². The van der Waals surface area contributed by atoms with Gasteiger partial charge < -0.3 is 9.47 Å². The Labute approximate surface area is 109 Å². The fourth-order valence-corrected chi connectivity index (χ4v) is 2.36. The minimum atomic E-state index is -0.945. The highest BCUT2D eigenvalue weighted by Gasteiger charge is 2.13. The second-order valence-corrected chi connectivity index (χ2v) is 11.8. The molecule has 2 nitrogen and oxygen atoms in total. The Morgan fingerprint density at radius 2 is 1.80 bits per heavy atom. The predicted octanol–water partition coefficient (Wildman–Crippen LogP) is 3.77. The monoisotopic (exact) mass is 344 g/mol. The molecule has 0 spiro atoms. The van der Waals surface area contributed by atoms with Gasteiger partial charge in [0.05, 0.1) is 6.10 Å². The third-order valence-corrected chi connectivity index (χ3v) is 5.55. The van der Waals surface area contributed by atoms with Crippen LogP contribution in [0.4, 0.5) is 0 Å². The molecule has 2 atom stereocenters. The molecule has 0 bridgehead atoms. The average molecular weight is 344 g/mol. The van der Waals surface area contributed by atoms with Crippen molar-refractivity contribution in [2.24, 2.45) is 5.92 Å². The van der Waals surface area contributed by atoms with E-state index in [1.54, 1.807) is 0 Å². The van der Waals surface area contributed by atoms with Crippen LogP contribution < -0.4 is 0 Å². The molecule has 0 aromatic carbocycles. The first-order valence-corrected chi connectivity index (χ1v) is 10.9. The van der Waals surface area contributed by atoms with Crippen molar-refractivity contribution in [2.75, 3.05) is 17.8 Å². The van der Waals surface area contributed by atoms with E-state index in [0.717, 1.165) is 11.0 Å². The third-order valence-electron chi connectivity index (χ3n) is 2.46. The predicted molar refractivity (Wildman–Crippen MR) is 77.6 cm³/mol. The van der Waals surface area contributed by atoms with E-state index < -0.39 is 8.07 Å². The molecule has 0 aliphatic rings. The molecule has 0 rings (SSSR count). The molecule has 0 fully saturated rings. The highest BCUT2D eigenvalue weighted by molar-refractivity contribution is 14.1. The Balaban J connectivity index is 3.39. The Morgan fingerprint density at radius 3 is 2.27 bits per heavy atom. The fraction of sp³-hybridized carbons (Fsp3) is 1.00. The molecule has 0 aliphatic heterocycles. The smallest absolute Gasteiger partial charge is 0.147 e. The minimum absolute atomic E-state index is 0.300. The molecule has 0 unspecified atom stereocenters. The maximum Gasteiger partial charge on any atom is 0.147 e. The van der Waals surface area contributed by atoms with Crippen LogP contribution >= 0.6 is 22.6 Å². The van der Waals surface area contributed by atoms with Gasteiger partial charge in [-0.3, -0.25) is 0 Å². The number of alkyl halides is 1. The van der Waals surface area contributed by atoms with Crippen LogP contribution in [0.5, 0.6) is 0 Å². The van der Waals surface area contributed by atoms with E-state index in [9.17, 15) is 0 Å². The molecular weight excluding hydrogens is 319 g/mol. The summed E-state index contributed by atoms with van der Waals surface area (Å²) in [5.41, 5.74) is 0. The number of rotatable bonds is 8. The van der Waals surface area contributed by atoms with Gasteiger partial charge in [0.1, 0.15) is 6.79 Å². The molecule has 0 N–H and O–H groups in total. The molecule has 15 heavy (non-hydrogen) atoms. The fourth-order valence-electron chi connectivity index (χ4n) is 0.882. The molecule has 0 aromatic rings. The van der Waals surface area contributed by atoms with E-state index in [-0.39, 0.29) is 0 Å². The van der Waals surface area contributed by atoms with Gasteiger partial charge in [0.25, 0.3) is 0 Å². The molecule has 0 aromatic heterocycles. The first-order valence-electron chi connectivity index (χ1n) is 5.62. The van der Waals surface area contributed by atoms with Gasteiger partial charge in [0, 0.05) is 19.1 Å². The van der Waals surface area contributed by atoms with Gasteiger partial charge in [-0.15, -0.1) is 0 Å². The lowest BCUT2D eigenvalue weighted by molar-refractivity contribution is -0.0921. The van der Waals surface area contributed by atoms with Gasteiger partial charge in [-0.25, -0.2) is 0 Å². The van der Waals surface area contributed by atoms with Crippen molar-refractivity contribution in [3.05, 3.63) is 0 Å². The van der Waals surface area contributed by atoms with Crippen molar-refractivity contribution in [1.82, 2.24) is 0 Å². The summed E-state index contributed by atoms with van der Waals surface area (Å²) in [6.07, 6.45) is 0.300. The summed E-state index contributed by atoms with van der Waals surface area (Å²) in [5, 5.41) is 0. The van der Waals surface area contributed by atoms with Crippen molar-refractivity contribution in [2.45, 2.75) is 45.6 Å². The second-order valence-electron chi connectivity index (χ2n) is 5.34. The lowest BCUT2D eigenvalue weighted by Crippen LogP contribution is -2.24. The van der Waals surface area contributed by atoms with E-state index in [1.807, 2.05) is 0 Å². The van der Waals surface area contributed by atoms with E-state index in [4.69, 9.17) is 9.47 Å². The Kier molecular flexibility index (Phi) is 8.50. The summed E-state index contributed by atoms with van der Waals surface area (Å²) in [6.45, 7) is 12.7. The largest absolute Gasteiger partial charge is 0.356 e. The van der Waals surface area contributed by atoms with E-state index in [2.05, 4.69) is 56.1 Å². The molecule has 0 heterocycles. The van der Waals surface area contributed by atoms with E-state index in [0.29, 0.717) is 18.8 Å². The van der Waals surface area contributed by atoms with Crippen molar-refractivity contribution in [1.29, 1.82) is 0 Å². The third kappa shape index (κ3) is 9.78. The number of hydrogen-bond donors (Lipinski definition) is 0. The zero-order chi connectivity index (χ0) is 11.9. The highest BCUT2D eigenvalue weighted by Crippen LogP contribution is 2.11. The Bertz CT molecular complexity index is 159. The molecule has 0 aliphatic carbocycles. The second kappa shape index (κ2) is 8.03. The summed E-state index contributed by atoms with van der Waals surface area (Å²) in [5.74, 6) is 0.603. The summed E-state index contributed by atoms with van der Waals surface area (Å²) >= 11 is 2.39. The maximum atomic E-state index is 5.60. The van der Waals surface area contributed by atoms with Crippen LogP contribution in [0.25, 0.3) is 0 Å². The van der Waals surface area contributed by atoms with Crippen LogP contribution in [0, 0.1) is 5.92 Å². The van der Waals surface area contributed by atoms with Crippen LogP contribution in [0.15, 0.2) is 0 Å². The molecule has 4 heteroatoms. The van der Waals surface area contributed by atoms with Crippen molar-refractivity contribution < 1.29 is 9.47 Å². The van der Waals surface area contributed by atoms with Crippen LogP contribution in [0.3, 0.4) is 0 Å².